The van der Waals surface area contributed by atoms with E-state index in [1.54, 1.807) is 6.07 Å². The molecule has 0 aliphatic heterocycles. The predicted octanol–water partition coefficient (Wildman–Crippen LogP) is -1.45. The van der Waals surface area contributed by atoms with Crippen molar-refractivity contribution < 1.29 is 30.1 Å². The Labute approximate surface area is 107 Å². The molecule has 0 heterocycles. The number of benzene rings is 1. The number of Topliss-reactive ketones (excluding diaryl/α,β-unsaturated/α-hetero) is 1. The standard InChI is InChI=1S/C11H13NO7/c13-6-8(14)10(16)11(17,12(18)19)9(15)7-4-2-1-3-5-7/h1-5,8,10,13-14,16-17H,6H2/t8-,10+,11+/m1/s1. The minimum atomic E-state index is -3.43. The molecular formula is C11H13NO7. The van der Waals surface area contributed by atoms with Crippen molar-refractivity contribution in [3.8, 4) is 0 Å². The van der Waals surface area contributed by atoms with Crippen LogP contribution in [0.2, 0.25) is 0 Å². The summed E-state index contributed by atoms with van der Waals surface area (Å²) >= 11 is 0. The average Bonchev–Trinajstić information content (AvgIpc) is 2.44. The maximum atomic E-state index is 11.9. The smallest absolute Gasteiger partial charge is 0.394 e. The van der Waals surface area contributed by atoms with Gasteiger partial charge in [0.2, 0.25) is 0 Å². The fourth-order valence-electron chi connectivity index (χ4n) is 1.50. The zero-order valence-corrected chi connectivity index (χ0v) is 9.71. The fraction of sp³-hybridized carbons (Fsp3) is 0.364. The highest BCUT2D eigenvalue weighted by atomic mass is 16.7. The van der Waals surface area contributed by atoms with Crippen LogP contribution in [-0.2, 0) is 0 Å². The first-order valence-electron chi connectivity index (χ1n) is 5.29. The summed E-state index contributed by atoms with van der Waals surface area (Å²) < 4.78 is 0. The first-order valence-corrected chi connectivity index (χ1v) is 5.29. The third-order valence-electron chi connectivity index (χ3n) is 2.61. The van der Waals surface area contributed by atoms with Crippen LogP contribution in [0.4, 0.5) is 0 Å². The van der Waals surface area contributed by atoms with Gasteiger partial charge in [0.05, 0.1) is 11.5 Å². The van der Waals surface area contributed by atoms with E-state index in [2.05, 4.69) is 0 Å². The second-order valence-corrected chi connectivity index (χ2v) is 3.87. The van der Waals surface area contributed by atoms with E-state index in [1.807, 2.05) is 0 Å². The number of nitro groups is 1. The molecule has 0 aromatic heterocycles. The van der Waals surface area contributed by atoms with Crippen LogP contribution in [0.3, 0.4) is 0 Å². The number of carbonyl (C=O) groups is 1. The quantitative estimate of drug-likeness (QED) is 0.214. The van der Waals surface area contributed by atoms with E-state index in [1.165, 1.54) is 24.3 Å². The lowest BCUT2D eigenvalue weighted by atomic mass is 9.93. The van der Waals surface area contributed by atoms with Crippen molar-refractivity contribution in [2.75, 3.05) is 6.61 Å². The molecule has 0 amide bonds. The molecule has 0 aliphatic carbocycles. The van der Waals surface area contributed by atoms with E-state index in [0.29, 0.717) is 0 Å². The minimum Gasteiger partial charge on any atom is -0.394 e. The summed E-state index contributed by atoms with van der Waals surface area (Å²) in [7, 11) is 0. The SMILES string of the molecule is O=C(c1ccccc1)[C@](O)([C@@H](O)[C@H](O)CO)[N+](=O)[O-]. The van der Waals surface area contributed by atoms with Crippen LogP contribution in [0, 0.1) is 10.1 Å². The molecule has 1 rings (SSSR count). The molecule has 0 spiro atoms. The van der Waals surface area contributed by atoms with Gasteiger partial charge in [-0.2, -0.15) is 0 Å². The number of nitrogens with zero attached hydrogens (tertiary/aromatic N) is 1. The largest absolute Gasteiger partial charge is 0.414 e. The Kier molecular flexibility index (Phi) is 4.67. The lowest BCUT2D eigenvalue weighted by Gasteiger charge is -2.25. The molecular weight excluding hydrogens is 258 g/mol. The molecule has 1 aromatic rings. The van der Waals surface area contributed by atoms with Gasteiger partial charge in [-0.25, -0.2) is 0 Å². The number of carbonyl (C=O) groups excluding carboxylic acids is 1. The normalized spacial score (nSPS) is 17.3. The Morgan fingerprint density at radius 3 is 2.26 bits per heavy atom. The second-order valence-electron chi connectivity index (χ2n) is 3.87. The molecule has 0 fully saturated rings. The van der Waals surface area contributed by atoms with E-state index in [9.17, 15) is 30.2 Å². The molecule has 3 atom stereocenters. The number of aliphatic hydroxyl groups is 4. The van der Waals surface area contributed by atoms with Crippen molar-refractivity contribution in [2.24, 2.45) is 0 Å². The Hall–Kier alpha value is -1.87. The average molecular weight is 271 g/mol. The second kappa shape index (κ2) is 5.85. The van der Waals surface area contributed by atoms with Crippen LogP contribution in [0.5, 0.6) is 0 Å². The summed E-state index contributed by atoms with van der Waals surface area (Å²) in [5, 5.41) is 48.0. The maximum absolute atomic E-state index is 11.9. The molecule has 19 heavy (non-hydrogen) atoms. The zero-order valence-electron chi connectivity index (χ0n) is 9.71. The molecule has 0 aliphatic rings. The van der Waals surface area contributed by atoms with Gasteiger partial charge in [-0.1, -0.05) is 30.3 Å². The van der Waals surface area contributed by atoms with Gasteiger partial charge < -0.3 is 20.4 Å². The summed E-state index contributed by atoms with van der Waals surface area (Å²) in [5.41, 5.74) is -3.63. The van der Waals surface area contributed by atoms with Crippen LogP contribution in [0.25, 0.3) is 0 Å². The van der Waals surface area contributed by atoms with E-state index < -0.39 is 35.2 Å². The van der Waals surface area contributed by atoms with Crippen molar-refractivity contribution >= 4 is 5.78 Å². The Balaban J connectivity index is 3.20. The molecule has 0 bridgehead atoms. The van der Waals surface area contributed by atoms with E-state index in [4.69, 9.17) is 5.11 Å². The Morgan fingerprint density at radius 1 is 1.32 bits per heavy atom. The van der Waals surface area contributed by atoms with Crippen molar-refractivity contribution in [3.63, 3.8) is 0 Å². The minimum absolute atomic E-state index is 0.203. The maximum Gasteiger partial charge on any atom is 0.414 e. The third kappa shape index (κ3) is 2.76. The Bertz CT molecular complexity index is 463. The van der Waals surface area contributed by atoms with Gasteiger partial charge in [-0.05, 0) is 0 Å². The van der Waals surface area contributed by atoms with Gasteiger partial charge >= 0.3 is 5.72 Å². The number of ketones is 1. The summed E-state index contributed by atoms with van der Waals surface area (Å²) in [6.45, 7) is -1.04. The lowest BCUT2D eigenvalue weighted by molar-refractivity contribution is -0.617. The molecule has 0 saturated carbocycles. The van der Waals surface area contributed by atoms with Gasteiger partial charge in [-0.3, -0.25) is 14.9 Å². The molecule has 0 radical (unpaired) electrons. The molecule has 1 aromatic carbocycles. The third-order valence-corrected chi connectivity index (χ3v) is 2.61. The van der Waals surface area contributed by atoms with Gasteiger partial charge in [0, 0.05) is 5.56 Å². The number of hydrogen-bond acceptors (Lipinski definition) is 7. The number of aliphatic hydroxyl groups excluding tert-OH is 3. The summed E-state index contributed by atoms with van der Waals surface area (Å²) in [6, 6.07) is 6.83. The highest BCUT2D eigenvalue weighted by Gasteiger charge is 2.58. The highest BCUT2D eigenvalue weighted by Crippen LogP contribution is 2.21. The number of rotatable bonds is 6. The fourth-order valence-corrected chi connectivity index (χ4v) is 1.50. The van der Waals surface area contributed by atoms with Crippen molar-refractivity contribution in [1.29, 1.82) is 0 Å². The molecule has 0 unspecified atom stereocenters. The van der Waals surface area contributed by atoms with Crippen molar-refractivity contribution in [3.05, 3.63) is 46.0 Å². The van der Waals surface area contributed by atoms with E-state index >= 15 is 0 Å². The zero-order chi connectivity index (χ0) is 14.6. The van der Waals surface area contributed by atoms with Crippen LogP contribution < -0.4 is 0 Å². The van der Waals surface area contributed by atoms with Crippen LogP contribution in [-0.4, -0.2) is 55.7 Å². The monoisotopic (exact) mass is 271 g/mol. The molecule has 0 saturated heterocycles. The van der Waals surface area contributed by atoms with Gasteiger partial charge in [0.1, 0.15) is 6.10 Å². The van der Waals surface area contributed by atoms with Gasteiger partial charge in [-0.15, -0.1) is 0 Å². The van der Waals surface area contributed by atoms with E-state index in [0.717, 1.165) is 0 Å². The van der Waals surface area contributed by atoms with Crippen LogP contribution in [0.15, 0.2) is 30.3 Å². The van der Waals surface area contributed by atoms with Crippen molar-refractivity contribution in [2.45, 2.75) is 17.9 Å². The summed E-state index contributed by atoms with van der Waals surface area (Å²) in [4.78, 5) is 21.4. The summed E-state index contributed by atoms with van der Waals surface area (Å²) in [5.74, 6) is -1.38. The van der Waals surface area contributed by atoms with Crippen molar-refractivity contribution in [1.82, 2.24) is 0 Å². The van der Waals surface area contributed by atoms with Gasteiger partial charge in [0.25, 0.3) is 5.78 Å². The van der Waals surface area contributed by atoms with Crippen LogP contribution in [0.1, 0.15) is 10.4 Å². The topological polar surface area (TPSA) is 141 Å². The molecule has 4 N–H and O–H groups in total. The first-order chi connectivity index (χ1) is 8.85. The number of hydrogen-bond donors (Lipinski definition) is 4. The predicted molar refractivity (Wildman–Crippen MR) is 61.8 cm³/mol. The first kappa shape index (κ1) is 15.2. The Morgan fingerprint density at radius 2 is 1.84 bits per heavy atom. The molecule has 8 nitrogen and oxygen atoms in total. The lowest BCUT2D eigenvalue weighted by Crippen LogP contribution is -2.60. The van der Waals surface area contributed by atoms with E-state index in [-0.39, 0.29) is 5.56 Å². The highest BCUT2D eigenvalue weighted by molar-refractivity contribution is 6.01. The molecule has 104 valence electrons. The van der Waals surface area contributed by atoms with Gasteiger partial charge in [0.15, 0.2) is 6.10 Å². The van der Waals surface area contributed by atoms with Crippen LogP contribution >= 0.6 is 0 Å². The molecule has 8 heteroatoms. The summed E-state index contributed by atoms with van der Waals surface area (Å²) in [6.07, 6.45) is -4.48.